The molecule has 1 heterocycles. The van der Waals surface area contributed by atoms with E-state index in [2.05, 4.69) is 38.0 Å². The first-order valence-electron chi connectivity index (χ1n) is 8.40. The lowest BCUT2D eigenvalue weighted by Crippen LogP contribution is -2.14. The Morgan fingerprint density at radius 2 is 1.88 bits per heavy atom. The van der Waals surface area contributed by atoms with E-state index in [1.807, 2.05) is 59.3 Å². The molecule has 26 heavy (non-hydrogen) atoms. The zero-order chi connectivity index (χ0) is 17.9. The Balaban J connectivity index is 1.45. The normalized spacial score (nSPS) is 13.6. The lowest BCUT2D eigenvalue weighted by molar-refractivity contribution is -0.113. The standard InChI is InChI=1S/C19H17IN4OS/c20-15-8-4-5-9-16(15)21-17(25)12-26-19-22-18(13-10-11-13)24(23-19)14-6-2-1-3-7-14/h1-9,13H,10-12H2,(H,21,25). The third-order valence-corrected chi connectivity index (χ3v) is 5.81. The van der Waals surface area contributed by atoms with Crippen LogP contribution in [-0.4, -0.2) is 26.4 Å². The number of anilines is 1. The highest BCUT2D eigenvalue weighted by Crippen LogP contribution is 2.40. The second-order valence-electron chi connectivity index (χ2n) is 6.09. The molecular weight excluding hydrogens is 459 g/mol. The van der Waals surface area contributed by atoms with Crippen molar-refractivity contribution in [1.82, 2.24) is 14.8 Å². The lowest BCUT2D eigenvalue weighted by Gasteiger charge is -2.05. The summed E-state index contributed by atoms with van der Waals surface area (Å²) < 4.78 is 2.93. The zero-order valence-electron chi connectivity index (χ0n) is 13.9. The number of para-hydroxylation sites is 2. The first-order valence-corrected chi connectivity index (χ1v) is 10.5. The number of halogens is 1. The molecule has 1 saturated carbocycles. The Labute approximate surface area is 169 Å². The summed E-state index contributed by atoms with van der Waals surface area (Å²) >= 11 is 3.58. The molecule has 1 amide bonds. The molecule has 0 atom stereocenters. The fourth-order valence-electron chi connectivity index (χ4n) is 2.61. The molecule has 0 bridgehead atoms. The summed E-state index contributed by atoms with van der Waals surface area (Å²) in [6.45, 7) is 0. The summed E-state index contributed by atoms with van der Waals surface area (Å²) in [4.78, 5) is 16.9. The average Bonchev–Trinajstić information content (AvgIpc) is 3.42. The predicted octanol–water partition coefficient (Wildman–Crippen LogP) is 4.48. The van der Waals surface area contributed by atoms with Gasteiger partial charge in [-0.2, -0.15) is 0 Å². The van der Waals surface area contributed by atoms with Gasteiger partial charge in [-0.15, -0.1) is 5.10 Å². The van der Waals surface area contributed by atoms with Crippen molar-refractivity contribution >= 4 is 45.9 Å². The third-order valence-electron chi connectivity index (χ3n) is 4.04. The topological polar surface area (TPSA) is 59.8 Å². The Bertz CT molecular complexity index is 924. The van der Waals surface area contributed by atoms with Crippen LogP contribution in [0.25, 0.3) is 5.69 Å². The van der Waals surface area contributed by atoms with Gasteiger partial charge >= 0.3 is 0 Å². The largest absolute Gasteiger partial charge is 0.324 e. The molecule has 1 aromatic heterocycles. The minimum Gasteiger partial charge on any atom is -0.324 e. The van der Waals surface area contributed by atoms with Gasteiger partial charge in [0.05, 0.1) is 17.1 Å². The Morgan fingerprint density at radius 1 is 1.15 bits per heavy atom. The Kier molecular flexibility index (Phi) is 5.26. The Hall–Kier alpha value is -1.87. The summed E-state index contributed by atoms with van der Waals surface area (Å²) in [6, 6.07) is 17.8. The molecule has 0 unspecified atom stereocenters. The Morgan fingerprint density at radius 3 is 2.62 bits per heavy atom. The maximum atomic E-state index is 12.2. The molecule has 1 N–H and O–H groups in total. The van der Waals surface area contributed by atoms with E-state index in [1.54, 1.807) is 0 Å². The first-order chi connectivity index (χ1) is 12.7. The molecule has 4 rings (SSSR count). The molecule has 0 saturated heterocycles. The van der Waals surface area contributed by atoms with Crippen LogP contribution in [0.2, 0.25) is 0 Å². The molecule has 132 valence electrons. The second-order valence-corrected chi connectivity index (χ2v) is 8.20. The van der Waals surface area contributed by atoms with Gasteiger partial charge in [0, 0.05) is 9.49 Å². The number of hydrogen-bond acceptors (Lipinski definition) is 4. The summed E-state index contributed by atoms with van der Waals surface area (Å²) in [5.41, 5.74) is 1.84. The van der Waals surface area contributed by atoms with E-state index in [1.165, 1.54) is 11.8 Å². The SMILES string of the molecule is O=C(CSc1nc(C2CC2)n(-c2ccccc2)n1)Nc1ccccc1I. The smallest absolute Gasteiger partial charge is 0.234 e. The molecule has 7 heteroatoms. The number of hydrogen-bond donors (Lipinski definition) is 1. The predicted molar refractivity (Wildman–Crippen MR) is 112 cm³/mol. The van der Waals surface area contributed by atoms with Crippen LogP contribution in [0.5, 0.6) is 0 Å². The fraction of sp³-hybridized carbons (Fsp3) is 0.211. The van der Waals surface area contributed by atoms with Crippen molar-refractivity contribution in [1.29, 1.82) is 0 Å². The van der Waals surface area contributed by atoms with E-state index >= 15 is 0 Å². The number of carbonyl (C=O) groups excluding carboxylic acids is 1. The second kappa shape index (κ2) is 7.79. The number of amides is 1. The molecule has 1 aliphatic carbocycles. The van der Waals surface area contributed by atoms with Gasteiger partial charge in [-0.1, -0.05) is 42.1 Å². The quantitative estimate of drug-likeness (QED) is 0.421. The van der Waals surface area contributed by atoms with Gasteiger partial charge in [0.15, 0.2) is 0 Å². The van der Waals surface area contributed by atoms with E-state index < -0.39 is 0 Å². The summed E-state index contributed by atoms with van der Waals surface area (Å²) in [5, 5.41) is 8.21. The number of aromatic nitrogens is 3. The van der Waals surface area contributed by atoms with Crippen LogP contribution in [-0.2, 0) is 4.79 Å². The minimum absolute atomic E-state index is 0.0526. The van der Waals surface area contributed by atoms with Gasteiger partial charge in [0.2, 0.25) is 11.1 Å². The highest BCUT2D eigenvalue weighted by Gasteiger charge is 2.30. The minimum atomic E-state index is -0.0526. The van der Waals surface area contributed by atoms with E-state index in [0.717, 1.165) is 33.6 Å². The molecule has 0 aliphatic heterocycles. The molecule has 1 aliphatic rings. The number of thioether (sulfide) groups is 1. The summed E-state index contributed by atoms with van der Waals surface area (Å²) in [5.74, 6) is 1.71. The van der Waals surface area contributed by atoms with Crippen molar-refractivity contribution in [3.63, 3.8) is 0 Å². The fourth-order valence-corrected chi connectivity index (χ4v) is 3.76. The molecule has 1 fully saturated rings. The molecule has 0 radical (unpaired) electrons. The van der Waals surface area contributed by atoms with Crippen molar-refractivity contribution in [3.8, 4) is 5.69 Å². The van der Waals surface area contributed by atoms with Crippen LogP contribution in [0.1, 0.15) is 24.6 Å². The van der Waals surface area contributed by atoms with Crippen molar-refractivity contribution in [3.05, 3.63) is 64.0 Å². The molecular formula is C19H17IN4OS. The van der Waals surface area contributed by atoms with Crippen LogP contribution >= 0.6 is 34.4 Å². The van der Waals surface area contributed by atoms with Gasteiger partial charge in [0.25, 0.3) is 0 Å². The van der Waals surface area contributed by atoms with Crippen molar-refractivity contribution < 1.29 is 4.79 Å². The number of benzene rings is 2. The molecule has 5 nitrogen and oxygen atoms in total. The summed E-state index contributed by atoms with van der Waals surface area (Å²) in [6.07, 6.45) is 2.31. The van der Waals surface area contributed by atoms with Gasteiger partial charge in [-0.05, 0) is 59.7 Å². The van der Waals surface area contributed by atoms with Crippen LogP contribution in [0, 0.1) is 3.57 Å². The van der Waals surface area contributed by atoms with Crippen LogP contribution in [0.15, 0.2) is 59.8 Å². The number of nitrogens with one attached hydrogen (secondary N) is 1. The van der Waals surface area contributed by atoms with Crippen LogP contribution < -0.4 is 5.32 Å². The maximum Gasteiger partial charge on any atom is 0.234 e. The van der Waals surface area contributed by atoms with Crippen LogP contribution in [0.4, 0.5) is 5.69 Å². The van der Waals surface area contributed by atoms with Crippen molar-refractivity contribution in [2.45, 2.75) is 23.9 Å². The number of rotatable bonds is 6. The molecule has 0 spiro atoms. The number of carbonyl (C=O) groups is 1. The van der Waals surface area contributed by atoms with Crippen molar-refractivity contribution in [2.24, 2.45) is 0 Å². The monoisotopic (exact) mass is 476 g/mol. The highest BCUT2D eigenvalue weighted by molar-refractivity contribution is 14.1. The van der Waals surface area contributed by atoms with Gasteiger partial charge in [0.1, 0.15) is 5.82 Å². The van der Waals surface area contributed by atoms with E-state index in [9.17, 15) is 4.79 Å². The van der Waals surface area contributed by atoms with Crippen LogP contribution in [0.3, 0.4) is 0 Å². The maximum absolute atomic E-state index is 12.2. The van der Waals surface area contributed by atoms with E-state index in [4.69, 9.17) is 0 Å². The van der Waals surface area contributed by atoms with Gasteiger partial charge < -0.3 is 5.32 Å². The van der Waals surface area contributed by atoms with Gasteiger partial charge in [-0.25, -0.2) is 9.67 Å². The highest BCUT2D eigenvalue weighted by atomic mass is 127. The van der Waals surface area contributed by atoms with E-state index in [0.29, 0.717) is 11.1 Å². The molecule has 3 aromatic rings. The van der Waals surface area contributed by atoms with Gasteiger partial charge in [-0.3, -0.25) is 4.79 Å². The zero-order valence-corrected chi connectivity index (χ0v) is 16.9. The van der Waals surface area contributed by atoms with Crippen molar-refractivity contribution in [2.75, 3.05) is 11.1 Å². The van der Waals surface area contributed by atoms with E-state index in [-0.39, 0.29) is 11.7 Å². The lowest BCUT2D eigenvalue weighted by atomic mass is 10.3. The number of nitrogens with zero attached hydrogens (tertiary/aromatic N) is 3. The molecule has 2 aromatic carbocycles. The summed E-state index contributed by atoms with van der Waals surface area (Å²) in [7, 11) is 0. The first kappa shape index (κ1) is 17.5. The average molecular weight is 476 g/mol. The third kappa shape index (κ3) is 4.09.